The van der Waals surface area contributed by atoms with Gasteiger partial charge in [-0.15, -0.1) is 0 Å². The van der Waals surface area contributed by atoms with E-state index in [0.717, 1.165) is 12.8 Å². The molecule has 110 valence electrons. The lowest BCUT2D eigenvalue weighted by Crippen LogP contribution is -2.49. The number of hydrogen-bond donors (Lipinski definition) is 2. The summed E-state index contributed by atoms with van der Waals surface area (Å²) in [5.74, 6) is 0.0547. The van der Waals surface area contributed by atoms with Crippen LogP contribution in [0.5, 0.6) is 0 Å². The van der Waals surface area contributed by atoms with E-state index >= 15 is 0 Å². The van der Waals surface area contributed by atoms with Gasteiger partial charge >= 0.3 is 0 Å². The van der Waals surface area contributed by atoms with Crippen LogP contribution in [-0.2, 0) is 19.9 Å². The van der Waals surface area contributed by atoms with Gasteiger partial charge in [-0.2, -0.15) is 0 Å². The van der Waals surface area contributed by atoms with Crippen LogP contribution in [0.2, 0.25) is 0 Å². The van der Waals surface area contributed by atoms with Gasteiger partial charge in [-0.05, 0) is 31.6 Å². The predicted octanol–water partition coefficient (Wildman–Crippen LogP) is -0.452. The smallest absolute Gasteiger partial charge is 0.215 e. The van der Waals surface area contributed by atoms with E-state index in [0.29, 0.717) is 0 Å². The van der Waals surface area contributed by atoms with Crippen molar-refractivity contribution in [2.75, 3.05) is 11.5 Å². The van der Waals surface area contributed by atoms with Crippen molar-refractivity contribution in [3.8, 4) is 0 Å². The summed E-state index contributed by atoms with van der Waals surface area (Å²) in [6, 6.07) is -0.487. The van der Waals surface area contributed by atoms with Gasteiger partial charge in [0, 0.05) is 0 Å². The number of sulfone groups is 1. The summed E-state index contributed by atoms with van der Waals surface area (Å²) >= 11 is 4.89. The summed E-state index contributed by atoms with van der Waals surface area (Å²) in [4.78, 5) is 0.162. The van der Waals surface area contributed by atoms with Gasteiger partial charge in [0.25, 0.3) is 0 Å². The monoisotopic (exact) mass is 326 g/mol. The fourth-order valence-corrected chi connectivity index (χ4v) is 6.11. The number of hydrogen-bond acceptors (Lipinski definition) is 5. The molecule has 1 aliphatic heterocycles. The molecule has 2 aliphatic rings. The van der Waals surface area contributed by atoms with E-state index in [9.17, 15) is 16.8 Å². The summed E-state index contributed by atoms with van der Waals surface area (Å²) in [5.41, 5.74) is 5.57. The topological polar surface area (TPSA) is 106 Å². The second-order valence-electron chi connectivity index (χ2n) is 5.23. The van der Waals surface area contributed by atoms with Crippen LogP contribution in [-0.4, -0.2) is 44.6 Å². The van der Waals surface area contributed by atoms with Gasteiger partial charge in [-0.3, -0.25) is 0 Å². The van der Waals surface area contributed by atoms with Gasteiger partial charge in [-0.1, -0.05) is 12.2 Å². The van der Waals surface area contributed by atoms with Crippen molar-refractivity contribution in [3.63, 3.8) is 0 Å². The third-order valence-corrected chi connectivity index (χ3v) is 7.53. The fraction of sp³-hybridized carbons (Fsp3) is 0.900. The van der Waals surface area contributed by atoms with Gasteiger partial charge in [0.1, 0.15) is 9.84 Å². The normalized spacial score (nSPS) is 25.9. The molecule has 0 amide bonds. The zero-order valence-electron chi connectivity index (χ0n) is 10.4. The van der Waals surface area contributed by atoms with Crippen LogP contribution in [0.3, 0.4) is 0 Å². The van der Waals surface area contributed by atoms with Crippen molar-refractivity contribution < 1.29 is 16.8 Å². The molecule has 1 saturated carbocycles. The van der Waals surface area contributed by atoms with Crippen molar-refractivity contribution in [1.82, 2.24) is 4.72 Å². The van der Waals surface area contributed by atoms with Gasteiger partial charge in [0.05, 0.1) is 27.8 Å². The van der Waals surface area contributed by atoms with E-state index in [4.69, 9.17) is 18.0 Å². The van der Waals surface area contributed by atoms with Crippen molar-refractivity contribution >= 4 is 37.1 Å². The lowest BCUT2D eigenvalue weighted by Gasteiger charge is -2.25. The fourth-order valence-electron chi connectivity index (χ4n) is 2.27. The Kier molecular flexibility index (Phi) is 4.20. The molecule has 19 heavy (non-hydrogen) atoms. The van der Waals surface area contributed by atoms with Crippen molar-refractivity contribution in [2.45, 2.75) is 37.0 Å². The molecule has 1 unspecified atom stereocenters. The number of thiocarbonyl (C=S) groups is 1. The average Bonchev–Trinajstić information content (AvgIpc) is 3.08. The average molecular weight is 326 g/mol. The van der Waals surface area contributed by atoms with Crippen LogP contribution in [0, 0.1) is 5.92 Å². The molecule has 1 saturated heterocycles. The van der Waals surface area contributed by atoms with Crippen molar-refractivity contribution in [3.05, 3.63) is 0 Å². The highest BCUT2D eigenvalue weighted by Gasteiger charge is 2.39. The first-order valence-corrected chi connectivity index (χ1v) is 10.00. The Morgan fingerprint density at radius 1 is 1.21 bits per heavy atom. The third-order valence-electron chi connectivity index (χ3n) is 3.63. The molecule has 0 aromatic rings. The summed E-state index contributed by atoms with van der Waals surface area (Å²) in [5, 5.41) is -0.661. The molecular weight excluding hydrogens is 308 g/mol. The molecule has 0 aromatic heterocycles. The van der Waals surface area contributed by atoms with E-state index in [1.165, 1.54) is 0 Å². The lowest BCUT2D eigenvalue weighted by atomic mass is 10.2. The van der Waals surface area contributed by atoms with E-state index in [1.54, 1.807) is 0 Å². The van der Waals surface area contributed by atoms with Gasteiger partial charge < -0.3 is 5.73 Å². The molecule has 0 spiro atoms. The molecule has 6 nitrogen and oxygen atoms in total. The number of sulfonamides is 1. The second kappa shape index (κ2) is 5.27. The van der Waals surface area contributed by atoms with Crippen LogP contribution in [0.1, 0.15) is 25.7 Å². The molecule has 0 aromatic carbocycles. The first-order chi connectivity index (χ1) is 8.71. The Hall–Kier alpha value is -0.250. The van der Waals surface area contributed by atoms with Crippen molar-refractivity contribution in [1.29, 1.82) is 0 Å². The van der Waals surface area contributed by atoms with E-state index < -0.39 is 31.2 Å². The van der Waals surface area contributed by atoms with Crippen LogP contribution in [0.4, 0.5) is 0 Å². The Balaban J connectivity index is 2.04. The molecule has 2 rings (SSSR count). The summed E-state index contributed by atoms with van der Waals surface area (Å²) in [6.45, 7) is 0. The highest BCUT2D eigenvalue weighted by molar-refractivity contribution is 7.92. The molecule has 1 heterocycles. The maximum Gasteiger partial charge on any atom is 0.215 e. The second-order valence-corrected chi connectivity index (χ2v) is 10.00. The highest BCUT2D eigenvalue weighted by atomic mass is 32.2. The maximum atomic E-state index is 12.2. The SMILES string of the molecule is NC(=S)C(NS(=O)(=O)C1CCS(=O)(=O)CC1)C1CC1. The zero-order valence-corrected chi connectivity index (χ0v) is 12.9. The Morgan fingerprint density at radius 2 is 1.74 bits per heavy atom. The zero-order chi connectivity index (χ0) is 14.3. The van der Waals surface area contributed by atoms with Gasteiger partial charge in [0.2, 0.25) is 10.0 Å². The number of nitrogens with one attached hydrogen (secondary N) is 1. The minimum atomic E-state index is -3.56. The summed E-state index contributed by atoms with van der Waals surface area (Å²) in [7, 11) is -6.63. The molecule has 0 bridgehead atoms. The van der Waals surface area contributed by atoms with Gasteiger partial charge in [-0.25, -0.2) is 21.6 Å². The molecule has 3 N–H and O–H groups in total. The summed E-state index contributed by atoms with van der Waals surface area (Å²) < 4.78 is 49.6. The first-order valence-electron chi connectivity index (χ1n) is 6.22. The van der Waals surface area contributed by atoms with E-state index in [-0.39, 0.29) is 35.3 Å². The third kappa shape index (κ3) is 3.87. The lowest BCUT2D eigenvalue weighted by molar-refractivity contribution is 0.532. The van der Waals surface area contributed by atoms with Crippen molar-refractivity contribution in [2.24, 2.45) is 11.7 Å². The highest BCUT2D eigenvalue weighted by Crippen LogP contribution is 2.33. The Morgan fingerprint density at radius 3 is 2.16 bits per heavy atom. The molecular formula is C10H18N2O4S3. The minimum Gasteiger partial charge on any atom is -0.392 e. The molecule has 0 radical (unpaired) electrons. The standard InChI is InChI=1S/C10H18N2O4S3/c11-10(17)9(7-1-2-7)12-19(15,16)8-3-5-18(13,14)6-4-8/h7-9,12H,1-6H2,(H2,11,17). The Labute approximate surface area is 119 Å². The summed E-state index contributed by atoms with van der Waals surface area (Å²) in [6.07, 6.45) is 2.13. The van der Waals surface area contributed by atoms with Crippen LogP contribution in [0.15, 0.2) is 0 Å². The maximum absolute atomic E-state index is 12.2. The largest absolute Gasteiger partial charge is 0.392 e. The molecule has 1 aliphatic carbocycles. The number of nitrogens with two attached hydrogens (primary N) is 1. The minimum absolute atomic E-state index is 0.0697. The Bertz CT molecular complexity index is 552. The predicted molar refractivity (Wildman–Crippen MR) is 77.0 cm³/mol. The molecule has 1 atom stereocenters. The van der Waals surface area contributed by atoms with E-state index in [1.807, 2.05) is 0 Å². The first kappa shape index (κ1) is 15.1. The van der Waals surface area contributed by atoms with Gasteiger partial charge in [0.15, 0.2) is 0 Å². The van der Waals surface area contributed by atoms with Crippen LogP contribution >= 0.6 is 12.2 Å². The van der Waals surface area contributed by atoms with Crippen LogP contribution in [0.25, 0.3) is 0 Å². The number of rotatable bonds is 5. The van der Waals surface area contributed by atoms with Crippen LogP contribution < -0.4 is 10.5 Å². The van der Waals surface area contributed by atoms with E-state index in [2.05, 4.69) is 4.72 Å². The molecule has 2 fully saturated rings. The quantitative estimate of drug-likeness (QED) is 0.663. The molecule has 9 heteroatoms.